The van der Waals surface area contributed by atoms with E-state index in [2.05, 4.69) is 120 Å². The van der Waals surface area contributed by atoms with Gasteiger partial charge in [0.15, 0.2) is 0 Å². The summed E-state index contributed by atoms with van der Waals surface area (Å²) < 4.78 is 0. The number of rotatable bonds is 10. The number of nitrogens with one attached hydrogen (secondary N) is 3. The molecule has 4 fully saturated rings. The third-order valence-electron chi connectivity index (χ3n) is 12.0. The van der Waals surface area contributed by atoms with Crippen molar-refractivity contribution in [3.05, 3.63) is 137 Å². The van der Waals surface area contributed by atoms with Gasteiger partial charge in [-0.1, -0.05) is 23.7 Å². The molecule has 3 aromatic carbocycles. The minimum atomic E-state index is -0.275. The first-order chi connectivity index (χ1) is 34.1. The van der Waals surface area contributed by atoms with Gasteiger partial charge in [0, 0.05) is 129 Å². The second-order valence-corrected chi connectivity index (χ2v) is 19.7. The van der Waals surface area contributed by atoms with Crippen molar-refractivity contribution in [2.24, 2.45) is 5.73 Å². The number of aromatic nitrogens is 5. The van der Waals surface area contributed by atoms with Crippen LogP contribution in [0.25, 0.3) is 22.3 Å². The smallest absolute Gasteiger partial charge is 0.870 e. The molecule has 0 atom stereocenters. The molecule has 6 N–H and O–H groups in total. The van der Waals surface area contributed by atoms with Crippen LogP contribution in [0.4, 0.5) is 28.6 Å². The van der Waals surface area contributed by atoms with Crippen LogP contribution in [0.15, 0.2) is 104 Å². The molecule has 18 heteroatoms. The molecular formula is C55H70ClN13NaO3-. The van der Waals surface area contributed by atoms with E-state index < -0.39 is 0 Å². The van der Waals surface area contributed by atoms with Gasteiger partial charge in [-0.25, -0.2) is 24.9 Å². The van der Waals surface area contributed by atoms with Gasteiger partial charge in [0.25, 0.3) is 11.8 Å². The summed E-state index contributed by atoms with van der Waals surface area (Å²) in [5.41, 5.74) is 14.5. The number of nitrogens with zero attached hydrogens (tertiary/aromatic N) is 9. The molecule has 16 nitrogen and oxygen atoms in total. The van der Waals surface area contributed by atoms with Crippen molar-refractivity contribution >= 4 is 52.0 Å². The minimum Gasteiger partial charge on any atom is -0.870 e. The average molecular weight is 1020 g/mol. The summed E-state index contributed by atoms with van der Waals surface area (Å²) in [6.07, 6.45) is 12.9. The van der Waals surface area contributed by atoms with Crippen LogP contribution in [-0.2, 0) is 0 Å². The first-order valence-electron chi connectivity index (χ1n) is 24.5. The molecule has 5 heterocycles. The maximum atomic E-state index is 12.4. The summed E-state index contributed by atoms with van der Waals surface area (Å²) in [6.45, 7) is 18.1. The number of piperazine rings is 2. The molecule has 0 bridgehead atoms. The number of benzene rings is 3. The van der Waals surface area contributed by atoms with E-state index in [9.17, 15) is 9.59 Å². The zero-order valence-corrected chi connectivity index (χ0v) is 46.5. The van der Waals surface area contributed by atoms with Crippen LogP contribution in [0, 0.1) is 19.8 Å². The molecule has 0 radical (unpaired) electrons. The third kappa shape index (κ3) is 19.0. The number of hydrogen-bond acceptors (Lipinski definition) is 14. The van der Waals surface area contributed by atoms with Gasteiger partial charge in [-0.05, 0) is 131 Å². The SMILES string of the molecule is C[C-](C)C.Cc1ncc(C(=O)Nc2ccc(-c3cc(Cl)cc(N4CCN(C)CC4)c3)cc2)cn1.Cc1ncc(C(=O)Nc2ccc(-c3cc(NC4CC4)cc(N4CCN(C)CC4)c3)cn2)cn1.NC1CC1.[Na+].[OH-]. The number of anilines is 5. The molecule has 0 unspecified atom stereocenters. The fourth-order valence-corrected chi connectivity index (χ4v) is 7.68. The van der Waals surface area contributed by atoms with E-state index in [0.717, 1.165) is 91.0 Å². The number of nitrogens with two attached hydrogens (primary N) is 1. The summed E-state index contributed by atoms with van der Waals surface area (Å²) in [7, 11) is 4.32. The molecule has 382 valence electrons. The first-order valence-corrected chi connectivity index (χ1v) is 24.9. The Kier molecular flexibility index (Phi) is 22.5. The van der Waals surface area contributed by atoms with Crippen molar-refractivity contribution in [2.75, 3.05) is 92.2 Å². The molecule has 4 aliphatic rings. The number of amides is 2. The minimum absolute atomic E-state index is 0. The van der Waals surface area contributed by atoms with Gasteiger partial charge in [0.05, 0.1) is 11.1 Å². The zero-order chi connectivity index (χ0) is 50.4. The topological polar surface area (TPSA) is 204 Å². The number of carbonyl (C=O) groups is 2. The van der Waals surface area contributed by atoms with E-state index in [1.807, 2.05) is 54.7 Å². The van der Waals surface area contributed by atoms with Crippen LogP contribution >= 0.6 is 11.6 Å². The van der Waals surface area contributed by atoms with Crippen LogP contribution in [0.5, 0.6) is 0 Å². The standard InChI is InChI=1S/C25H29N7O.C23H24ClN5O.C4H9.C3H7N.Na.H2O/c1-17-26-15-20(16-27-17)25(33)30-24-6-3-18(14-28-24)19-11-22(29-21-4-5-21)13-23(12-19)32-9-7-31(2)8-10-32;1-16-25-14-19(15-26-16)23(30)27-21-5-3-17(4-6-21)18-11-20(24)13-22(12-18)29-9-7-28(2)8-10-29;1-4(2)3;4-3-1-2-3;;/h3,6,11-16,21,29H,4-5,7-10H2,1-2H3,(H,28,30,33);3-6,11-15H,7-10H2,1-2H3,(H,27,30);1-3H3;3H,1-2,4H2;;1H2/q;;-1;;+1;/p-1. The quantitative estimate of drug-likeness (QED) is 0.0907. The fraction of sp³-hybridized carbons (Fsp3) is 0.382. The number of carbonyl (C=O) groups excluding carboxylic acids is 2. The second-order valence-electron chi connectivity index (χ2n) is 19.3. The maximum absolute atomic E-state index is 12.4. The molecule has 2 aliphatic carbocycles. The van der Waals surface area contributed by atoms with Gasteiger partial charge in [0.1, 0.15) is 17.5 Å². The number of halogens is 1. The van der Waals surface area contributed by atoms with Gasteiger partial charge in [0.2, 0.25) is 0 Å². The van der Waals surface area contributed by atoms with E-state index in [1.165, 1.54) is 62.1 Å². The van der Waals surface area contributed by atoms with Gasteiger partial charge in [-0.3, -0.25) is 9.59 Å². The molecule has 2 aliphatic heterocycles. The number of aryl methyl sites for hydroxylation is 2. The Balaban J connectivity index is 0.000000230. The molecule has 10 rings (SSSR count). The van der Waals surface area contributed by atoms with E-state index >= 15 is 0 Å². The second kappa shape index (κ2) is 28.2. The molecule has 2 amide bonds. The Labute approximate surface area is 458 Å². The molecule has 6 aromatic rings. The number of pyridine rings is 1. The molecular weight excluding hydrogens is 949 g/mol. The molecule has 0 spiro atoms. The largest absolute Gasteiger partial charge is 1.00 e. The molecule has 73 heavy (non-hydrogen) atoms. The fourth-order valence-electron chi connectivity index (χ4n) is 7.45. The summed E-state index contributed by atoms with van der Waals surface area (Å²) in [5.74, 6) is 2.67. The number of likely N-dealkylation sites (N-methyl/N-ethyl adjacent to an activating group) is 2. The van der Waals surface area contributed by atoms with Crippen molar-refractivity contribution in [2.45, 2.75) is 72.4 Å². The van der Waals surface area contributed by atoms with Gasteiger partial charge in [-0.2, -0.15) is 20.8 Å². The zero-order valence-electron chi connectivity index (χ0n) is 43.7. The Morgan fingerprint density at radius 1 is 0.575 bits per heavy atom. The van der Waals surface area contributed by atoms with Gasteiger partial charge in [-0.15, -0.1) is 0 Å². The van der Waals surface area contributed by atoms with Crippen LogP contribution in [0.2, 0.25) is 5.02 Å². The Hall–Kier alpha value is -5.56. The normalized spacial score (nSPS) is 15.4. The van der Waals surface area contributed by atoms with Gasteiger partial charge < -0.3 is 52.7 Å². The molecule has 2 saturated heterocycles. The monoisotopic (exact) mass is 1020 g/mol. The van der Waals surface area contributed by atoms with Gasteiger partial charge >= 0.3 is 29.6 Å². The van der Waals surface area contributed by atoms with Crippen LogP contribution in [-0.4, -0.2) is 131 Å². The predicted octanol–water partition coefficient (Wildman–Crippen LogP) is 6.09. The molecule has 3 aromatic heterocycles. The van der Waals surface area contributed by atoms with E-state index in [4.69, 9.17) is 17.3 Å². The van der Waals surface area contributed by atoms with E-state index in [0.29, 0.717) is 46.4 Å². The predicted molar refractivity (Wildman–Crippen MR) is 291 cm³/mol. The van der Waals surface area contributed by atoms with Crippen molar-refractivity contribution in [3.63, 3.8) is 0 Å². The maximum Gasteiger partial charge on any atom is 1.00 e. The van der Waals surface area contributed by atoms with E-state index in [-0.39, 0.29) is 46.8 Å². The Bertz CT molecular complexity index is 2650. The Morgan fingerprint density at radius 2 is 1.03 bits per heavy atom. The number of hydrogen-bond donors (Lipinski definition) is 4. The van der Waals surface area contributed by atoms with Crippen LogP contribution in [0.3, 0.4) is 0 Å². The van der Waals surface area contributed by atoms with Crippen molar-refractivity contribution < 1.29 is 44.6 Å². The van der Waals surface area contributed by atoms with Crippen molar-refractivity contribution in [3.8, 4) is 22.3 Å². The summed E-state index contributed by atoms with van der Waals surface area (Å²) in [4.78, 5) is 55.1. The van der Waals surface area contributed by atoms with Crippen LogP contribution < -0.4 is 61.0 Å². The summed E-state index contributed by atoms with van der Waals surface area (Å²) in [5, 5.41) is 10.1. The van der Waals surface area contributed by atoms with Crippen molar-refractivity contribution in [1.29, 1.82) is 0 Å². The summed E-state index contributed by atoms with van der Waals surface area (Å²) in [6, 6.07) is 25.6. The third-order valence-corrected chi connectivity index (χ3v) is 12.2. The Morgan fingerprint density at radius 3 is 1.48 bits per heavy atom. The average Bonchev–Trinajstić information content (AvgIpc) is 4.32. The molecule has 2 saturated carbocycles. The van der Waals surface area contributed by atoms with Crippen LogP contribution in [0.1, 0.15) is 78.8 Å². The van der Waals surface area contributed by atoms with Crippen molar-refractivity contribution in [1.82, 2.24) is 34.7 Å². The van der Waals surface area contributed by atoms with E-state index in [1.54, 1.807) is 13.8 Å². The first kappa shape index (κ1) is 58.3. The summed E-state index contributed by atoms with van der Waals surface area (Å²) >= 11 is 6.42.